The van der Waals surface area contributed by atoms with Gasteiger partial charge in [-0.1, -0.05) is 72.4 Å². The van der Waals surface area contributed by atoms with Gasteiger partial charge < -0.3 is 4.74 Å². The van der Waals surface area contributed by atoms with Gasteiger partial charge in [0.2, 0.25) is 16.9 Å². The molecule has 0 aliphatic carbocycles. The monoisotopic (exact) mass is 416 g/mol. The third-order valence-corrected chi connectivity index (χ3v) is 5.30. The zero-order chi connectivity index (χ0) is 20.9. The molecule has 0 unspecified atom stereocenters. The minimum absolute atomic E-state index is 0.146. The first-order chi connectivity index (χ1) is 14.7. The van der Waals surface area contributed by atoms with E-state index in [-0.39, 0.29) is 5.91 Å². The summed E-state index contributed by atoms with van der Waals surface area (Å²) in [7, 11) is 0. The molecule has 0 N–H and O–H groups in total. The molecule has 0 saturated carbocycles. The van der Waals surface area contributed by atoms with E-state index in [0.717, 1.165) is 11.1 Å². The van der Waals surface area contributed by atoms with Crippen LogP contribution >= 0.6 is 11.8 Å². The largest absolute Gasteiger partial charge is 0.448 e. The Morgan fingerprint density at radius 2 is 1.93 bits per heavy atom. The van der Waals surface area contributed by atoms with Crippen LogP contribution in [0.25, 0.3) is 17.3 Å². The summed E-state index contributed by atoms with van der Waals surface area (Å²) in [6.45, 7) is 5.24. The van der Waals surface area contributed by atoms with E-state index in [9.17, 15) is 4.79 Å². The Kier molecular flexibility index (Phi) is 5.90. The number of fused-ring (bicyclic) bond motifs is 3. The lowest BCUT2D eigenvalue weighted by molar-refractivity contribution is -0.117. The maximum absolute atomic E-state index is 12.6. The number of hydrogen-bond acceptors (Lipinski definition) is 6. The Morgan fingerprint density at radius 1 is 1.17 bits per heavy atom. The number of nitrogens with zero attached hydrogens (tertiary/aromatic N) is 4. The van der Waals surface area contributed by atoms with Crippen molar-refractivity contribution in [3.8, 4) is 17.1 Å². The van der Waals surface area contributed by atoms with Crippen molar-refractivity contribution in [2.24, 2.45) is 0 Å². The fraction of sp³-hybridized carbons (Fsp3) is 0.130. The molecular formula is C23H20N4O2S. The van der Waals surface area contributed by atoms with E-state index in [1.165, 1.54) is 18.7 Å². The summed E-state index contributed by atoms with van der Waals surface area (Å²) in [6.07, 6.45) is 4.87. The molecule has 3 aromatic rings. The SMILES string of the molecule is C=CCSc1nnc2c(n1)O[C@@H](/C=C/c1ccccc1)N(C(C)=O)c1ccccc1-2. The van der Waals surface area contributed by atoms with Gasteiger partial charge >= 0.3 is 0 Å². The molecule has 1 aromatic heterocycles. The number of anilines is 1. The van der Waals surface area contributed by atoms with Crippen molar-refractivity contribution in [1.29, 1.82) is 0 Å². The second kappa shape index (κ2) is 8.92. The van der Waals surface area contributed by atoms with E-state index < -0.39 is 6.23 Å². The van der Waals surface area contributed by atoms with Crippen LogP contribution in [0.4, 0.5) is 5.69 Å². The van der Waals surface area contributed by atoms with Gasteiger partial charge in [0.25, 0.3) is 0 Å². The molecule has 2 heterocycles. The van der Waals surface area contributed by atoms with Crippen LogP contribution in [0.5, 0.6) is 5.88 Å². The molecule has 0 fully saturated rings. The first-order valence-electron chi connectivity index (χ1n) is 9.45. The summed E-state index contributed by atoms with van der Waals surface area (Å²) in [4.78, 5) is 18.8. The first-order valence-corrected chi connectivity index (χ1v) is 10.4. The fourth-order valence-corrected chi connectivity index (χ4v) is 3.68. The van der Waals surface area contributed by atoms with Crippen molar-refractivity contribution in [1.82, 2.24) is 15.2 Å². The summed E-state index contributed by atoms with van der Waals surface area (Å²) < 4.78 is 6.22. The number of para-hydroxylation sites is 1. The number of ether oxygens (including phenoxy) is 1. The molecule has 0 radical (unpaired) electrons. The van der Waals surface area contributed by atoms with Gasteiger partial charge in [0.05, 0.1) is 5.69 Å². The van der Waals surface area contributed by atoms with Gasteiger partial charge in [0.1, 0.15) is 0 Å². The highest BCUT2D eigenvalue weighted by atomic mass is 32.2. The predicted octanol–water partition coefficient (Wildman–Crippen LogP) is 4.60. The van der Waals surface area contributed by atoms with E-state index in [0.29, 0.717) is 28.2 Å². The number of carbonyl (C=O) groups excluding carboxylic acids is 1. The summed E-state index contributed by atoms with van der Waals surface area (Å²) in [5.74, 6) is 0.858. The fourth-order valence-electron chi connectivity index (χ4n) is 3.16. The van der Waals surface area contributed by atoms with E-state index in [4.69, 9.17) is 4.74 Å². The van der Waals surface area contributed by atoms with E-state index in [1.54, 1.807) is 11.0 Å². The first kappa shape index (κ1) is 19.8. The number of aromatic nitrogens is 3. The van der Waals surface area contributed by atoms with Crippen LogP contribution in [0.2, 0.25) is 0 Å². The summed E-state index contributed by atoms with van der Waals surface area (Å²) >= 11 is 1.42. The zero-order valence-corrected chi connectivity index (χ0v) is 17.2. The average molecular weight is 417 g/mol. The second-order valence-corrected chi connectivity index (χ2v) is 7.52. The molecule has 1 atom stereocenters. The van der Waals surface area contributed by atoms with Crippen LogP contribution in [-0.2, 0) is 4.79 Å². The number of rotatable bonds is 5. The van der Waals surface area contributed by atoms with Gasteiger partial charge in [0, 0.05) is 18.2 Å². The zero-order valence-electron chi connectivity index (χ0n) is 16.4. The average Bonchev–Trinajstić information content (AvgIpc) is 2.91. The quantitative estimate of drug-likeness (QED) is 0.447. The standard InChI is InChI=1S/C23H20N4O2S/c1-3-15-30-23-24-22-21(25-26-23)18-11-7-8-12-19(18)27(16(2)28)20(29-22)14-13-17-9-5-4-6-10-17/h3-14,20H,1,15H2,2H3/b14-13+/t20-/m0/s1. The van der Waals surface area contributed by atoms with Crippen LogP contribution in [0.1, 0.15) is 12.5 Å². The molecule has 2 aromatic carbocycles. The lowest BCUT2D eigenvalue weighted by Gasteiger charge is -2.27. The van der Waals surface area contributed by atoms with Crippen LogP contribution in [0.3, 0.4) is 0 Å². The highest BCUT2D eigenvalue weighted by Gasteiger charge is 2.32. The number of thioether (sulfide) groups is 1. The Labute approximate surface area is 179 Å². The summed E-state index contributed by atoms with van der Waals surface area (Å²) in [5.41, 5.74) is 2.97. The molecule has 4 rings (SSSR count). The molecule has 30 heavy (non-hydrogen) atoms. The third kappa shape index (κ3) is 4.11. The molecule has 1 amide bonds. The molecule has 1 aliphatic rings. The molecule has 6 nitrogen and oxygen atoms in total. The van der Waals surface area contributed by atoms with Crippen molar-refractivity contribution < 1.29 is 9.53 Å². The number of carbonyl (C=O) groups is 1. The highest BCUT2D eigenvalue weighted by Crippen LogP contribution is 2.39. The molecule has 1 aliphatic heterocycles. The Balaban J connectivity index is 1.82. The van der Waals surface area contributed by atoms with Gasteiger partial charge in [-0.3, -0.25) is 9.69 Å². The van der Waals surface area contributed by atoms with E-state index >= 15 is 0 Å². The highest BCUT2D eigenvalue weighted by molar-refractivity contribution is 7.99. The summed E-state index contributed by atoms with van der Waals surface area (Å²) in [5, 5.41) is 9.07. The molecule has 0 spiro atoms. The summed E-state index contributed by atoms with van der Waals surface area (Å²) in [6, 6.07) is 17.4. The lowest BCUT2D eigenvalue weighted by Crippen LogP contribution is -2.41. The lowest BCUT2D eigenvalue weighted by atomic mass is 10.1. The van der Waals surface area contributed by atoms with E-state index in [2.05, 4.69) is 21.8 Å². The van der Waals surface area contributed by atoms with Crippen molar-refractivity contribution in [2.75, 3.05) is 10.7 Å². The molecule has 150 valence electrons. The maximum atomic E-state index is 12.6. The molecule has 0 saturated heterocycles. The maximum Gasteiger partial charge on any atom is 0.247 e. The second-order valence-electron chi connectivity index (χ2n) is 6.53. The normalized spacial score (nSPS) is 15.1. The Bertz CT molecular complexity index is 1100. The molecular weight excluding hydrogens is 396 g/mol. The number of amides is 1. The topological polar surface area (TPSA) is 68.2 Å². The minimum atomic E-state index is -0.681. The Morgan fingerprint density at radius 3 is 2.70 bits per heavy atom. The van der Waals surface area contributed by atoms with Crippen LogP contribution in [0.15, 0.2) is 78.5 Å². The van der Waals surface area contributed by atoms with Crippen LogP contribution in [0, 0.1) is 0 Å². The third-order valence-electron chi connectivity index (χ3n) is 4.46. The minimum Gasteiger partial charge on any atom is -0.448 e. The molecule has 0 bridgehead atoms. The number of hydrogen-bond donors (Lipinski definition) is 0. The van der Waals surface area contributed by atoms with Crippen molar-refractivity contribution >= 4 is 29.4 Å². The predicted molar refractivity (Wildman–Crippen MR) is 119 cm³/mol. The van der Waals surface area contributed by atoms with Gasteiger partial charge in [-0.2, -0.15) is 4.98 Å². The van der Waals surface area contributed by atoms with Gasteiger partial charge in [-0.15, -0.1) is 16.8 Å². The van der Waals surface area contributed by atoms with Crippen LogP contribution < -0.4 is 9.64 Å². The van der Waals surface area contributed by atoms with Crippen molar-refractivity contribution in [2.45, 2.75) is 18.3 Å². The smallest absolute Gasteiger partial charge is 0.247 e. The Hall–Kier alpha value is -3.45. The van der Waals surface area contributed by atoms with Crippen molar-refractivity contribution in [3.05, 3.63) is 78.9 Å². The molecule has 7 heteroatoms. The van der Waals surface area contributed by atoms with E-state index in [1.807, 2.05) is 66.7 Å². The van der Waals surface area contributed by atoms with Crippen LogP contribution in [-0.4, -0.2) is 33.1 Å². The van der Waals surface area contributed by atoms with Gasteiger partial charge in [-0.05, 0) is 17.7 Å². The van der Waals surface area contributed by atoms with Gasteiger partial charge in [0.15, 0.2) is 11.9 Å². The van der Waals surface area contributed by atoms with Gasteiger partial charge in [-0.25, -0.2) is 0 Å². The number of benzene rings is 2. The van der Waals surface area contributed by atoms with Crippen molar-refractivity contribution in [3.63, 3.8) is 0 Å².